The van der Waals surface area contributed by atoms with Crippen LogP contribution in [0.4, 0.5) is 49.6 Å². The number of ketones is 1. The van der Waals surface area contributed by atoms with Crippen molar-refractivity contribution in [3.05, 3.63) is 62.5 Å². The van der Waals surface area contributed by atoms with Gasteiger partial charge in [0.15, 0.2) is 11.6 Å². The molecule has 0 aliphatic carbocycles. The highest BCUT2D eigenvalue weighted by atomic mass is 79.9. The van der Waals surface area contributed by atoms with Crippen LogP contribution >= 0.6 is 15.9 Å². The fourth-order valence-electron chi connectivity index (χ4n) is 2.81. The molecule has 0 aromatic heterocycles. The predicted molar refractivity (Wildman–Crippen MR) is 97.7 cm³/mol. The number of rotatable bonds is 7. The van der Waals surface area contributed by atoms with Crippen LogP contribution in [-0.2, 0) is 12.1 Å². The smallest absolute Gasteiger partial charge is 0.435 e. The maximum atomic E-state index is 14.4. The van der Waals surface area contributed by atoms with E-state index in [9.17, 15) is 53.9 Å². The average Bonchev–Trinajstić information content (AvgIpc) is 2.67. The summed E-state index contributed by atoms with van der Waals surface area (Å²) in [6, 6.07) is 2.14. The molecular weight excluding hydrogens is 564 g/mol. The minimum atomic E-state index is -6.57. The molecule has 0 bridgehead atoms. The van der Waals surface area contributed by atoms with Crippen LogP contribution in [0.15, 0.2) is 34.8 Å². The summed E-state index contributed by atoms with van der Waals surface area (Å²) in [6.07, 6.45) is -14.3. The molecular formula is C18H9BrF10NO4-. The number of hydrogen-bond donors (Lipinski definition) is 1. The van der Waals surface area contributed by atoms with Crippen molar-refractivity contribution in [1.29, 1.82) is 0 Å². The van der Waals surface area contributed by atoms with Crippen molar-refractivity contribution >= 4 is 27.4 Å². The standard InChI is InChI=1S/C18H9BrF10NO4/c19-10-4-7(16(23,17(24,25)26)18(27,28)29)5-13(34-15(21)22)9(10)6-12(31)8-2-1-3-11(14(8)20)30(32)33/h1-5,15,32H,6H2/q-1. The predicted octanol–water partition coefficient (Wildman–Crippen LogP) is 6.60. The summed E-state index contributed by atoms with van der Waals surface area (Å²) in [5.74, 6) is -4.31. The first kappa shape index (κ1) is 27.7. The zero-order chi connectivity index (χ0) is 26.2. The molecule has 0 aliphatic heterocycles. The van der Waals surface area contributed by atoms with E-state index in [2.05, 4.69) is 20.7 Å². The first-order chi connectivity index (χ1) is 15.4. The fourth-order valence-corrected chi connectivity index (χ4v) is 3.39. The molecule has 0 unspecified atom stereocenters. The van der Waals surface area contributed by atoms with Crippen LogP contribution in [0.3, 0.4) is 0 Å². The molecule has 0 saturated carbocycles. The zero-order valence-electron chi connectivity index (χ0n) is 15.9. The normalized spacial score (nSPS) is 12.8. The Hall–Kier alpha value is -2.59. The molecule has 0 heterocycles. The third-order valence-corrected chi connectivity index (χ3v) is 5.08. The van der Waals surface area contributed by atoms with E-state index in [-0.39, 0.29) is 12.1 Å². The van der Waals surface area contributed by atoms with Crippen LogP contribution in [0.1, 0.15) is 21.5 Å². The summed E-state index contributed by atoms with van der Waals surface area (Å²) in [5.41, 5.74) is -10.9. The third-order valence-electron chi connectivity index (χ3n) is 4.37. The third kappa shape index (κ3) is 5.22. The Bertz CT molecular complexity index is 1060. The van der Waals surface area contributed by atoms with Crippen molar-refractivity contribution < 1.29 is 58.6 Å². The number of ether oxygens (including phenoxy) is 1. The fraction of sp³-hybridized carbons (Fsp3) is 0.278. The van der Waals surface area contributed by atoms with Gasteiger partial charge < -0.3 is 15.2 Å². The van der Waals surface area contributed by atoms with Gasteiger partial charge in [-0.05, 0) is 24.3 Å². The molecule has 188 valence electrons. The quantitative estimate of drug-likeness (QED) is 0.230. The lowest BCUT2D eigenvalue weighted by atomic mass is 9.91. The first-order valence-corrected chi connectivity index (χ1v) is 9.29. The van der Waals surface area contributed by atoms with Gasteiger partial charge in [0.05, 0.1) is 11.3 Å². The molecule has 5 nitrogen and oxygen atoms in total. The van der Waals surface area contributed by atoms with Crippen LogP contribution in [0.5, 0.6) is 5.75 Å². The van der Waals surface area contributed by atoms with E-state index in [1.54, 1.807) is 0 Å². The maximum absolute atomic E-state index is 14.4. The van der Waals surface area contributed by atoms with Crippen molar-refractivity contribution in [2.45, 2.75) is 31.1 Å². The highest BCUT2D eigenvalue weighted by Crippen LogP contribution is 2.54. The monoisotopic (exact) mass is 572 g/mol. The SMILES string of the molecule is O=C(Cc1c(Br)cc(C(F)(C(F)(F)F)C(F)(F)F)cc1OC(F)F)c1cccc(N([O-])O)c1F. The Morgan fingerprint density at radius 1 is 1.09 bits per heavy atom. The van der Waals surface area contributed by atoms with Gasteiger partial charge in [-0.25, -0.2) is 8.78 Å². The summed E-state index contributed by atoms with van der Waals surface area (Å²) in [5, 5.41) is 18.8. The number of halogens is 11. The summed E-state index contributed by atoms with van der Waals surface area (Å²) in [6.45, 7) is -3.83. The number of anilines is 1. The topological polar surface area (TPSA) is 72.8 Å². The minimum Gasteiger partial charge on any atom is -0.733 e. The molecule has 16 heteroatoms. The van der Waals surface area contributed by atoms with Crippen LogP contribution in [0.25, 0.3) is 0 Å². The number of alkyl halides is 9. The van der Waals surface area contributed by atoms with Gasteiger partial charge in [0, 0.05) is 22.0 Å². The van der Waals surface area contributed by atoms with Crippen LogP contribution < -0.4 is 9.96 Å². The Labute approximate surface area is 191 Å². The van der Waals surface area contributed by atoms with Crippen LogP contribution in [0, 0.1) is 11.0 Å². The van der Waals surface area contributed by atoms with E-state index in [1.807, 2.05) is 0 Å². The summed E-state index contributed by atoms with van der Waals surface area (Å²) in [7, 11) is 0. The number of benzene rings is 2. The van der Waals surface area contributed by atoms with Gasteiger partial charge in [0.1, 0.15) is 5.75 Å². The van der Waals surface area contributed by atoms with E-state index < -0.39 is 80.5 Å². The van der Waals surface area contributed by atoms with Crippen molar-refractivity contribution in [1.82, 2.24) is 0 Å². The molecule has 1 N–H and O–H groups in total. The largest absolute Gasteiger partial charge is 0.733 e. The second-order valence-corrected chi connectivity index (χ2v) is 7.33. The lowest BCUT2D eigenvalue weighted by molar-refractivity contribution is -0.348. The minimum absolute atomic E-state index is 0.0399. The zero-order valence-corrected chi connectivity index (χ0v) is 17.5. The van der Waals surface area contributed by atoms with Crippen LogP contribution in [-0.4, -0.2) is 30.0 Å². The Morgan fingerprint density at radius 2 is 1.65 bits per heavy atom. The first-order valence-electron chi connectivity index (χ1n) is 8.49. The summed E-state index contributed by atoms with van der Waals surface area (Å²) < 4.78 is 136. The summed E-state index contributed by atoms with van der Waals surface area (Å²) >= 11 is 2.50. The lowest BCUT2D eigenvalue weighted by Gasteiger charge is -2.31. The summed E-state index contributed by atoms with van der Waals surface area (Å²) in [4.78, 5) is 12.5. The van der Waals surface area contributed by atoms with Crippen molar-refractivity contribution in [2.75, 3.05) is 5.23 Å². The van der Waals surface area contributed by atoms with Gasteiger partial charge in [-0.2, -0.15) is 35.1 Å². The molecule has 0 fully saturated rings. The Balaban J connectivity index is 2.65. The number of nitrogens with zero attached hydrogens (tertiary/aromatic N) is 1. The lowest BCUT2D eigenvalue weighted by Crippen LogP contribution is -2.50. The number of hydrogen-bond acceptors (Lipinski definition) is 5. The van der Waals surface area contributed by atoms with Gasteiger partial charge >= 0.3 is 24.6 Å². The van der Waals surface area contributed by atoms with E-state index >= 15 is 0 Å². The molecule has 0 amide bonds. The Kier molecular flexibility index (Phi) is 7.79. The van der Waals surface area contributed by atoms with Crippen molar-refractivity contribution in [3.63, 3.8) is 0 Å². The van der Waals surface area contributed by atoms with E-state index in [0.29, 0.717) is 0 Å². The number of carbonyl (C=O) groups is 1. The number of Topliss-reactive ketones (excluding diaryl/α,β-unsaturated/α-hetero) is 1. The second-order valence-electron chi connectivity index (χ2n) is 6.48. The molecule has 0 radical (unpaired) electrons. The second kappa shape index (κ2) is 9.58. The van der Waals surface area contributed by atoms with E-state index in [4.69, 9.17) is 5.21 Å². The van der Waals surface area contributed by atoms with E-state index in [0.717, 1.165) is 18.2 Å². The Morgan fingerprint density at radius 3 is 2.12 bits per heavy atom. The van der Waals surface area contributed by atoms with Crippen molar-refractivity contribution in [3.8, 4) is 5.75 Å². The molecule has 34 heavy (non-hydrogen) atoms. The maximum Gasteiger partial charge on any atom is 0.435 e. The molecule has 2 rings (SSSR count). The molecule has 0 saturated heterocycles. The van der Waals surface area contributed by atoms with E-state index in [1.165, 1.54) is 0 Å². The van der Waals surface area contributed by atoms with Gasteiger partial charge in [-0.1, -0.05) is 22.0 Å². The van der Waals surface area contributed by atoms with Crippen LogP contribution in [0.2, 0.25) is 0 Å². The molecule has 0 spiro atoms. The average molecular weight is 573 g/mol. The molecule has 2 aromatic carbocycles. The van der Waals surface area contributed by atoms with Gasteiger partial charge in [0.25, 0.3) is 0 Å². The number of carbonyl (C=O) groups excluding carboxylic acids is 1. The van der Waals surface area contributed by atoms with Crippen molar-refractivity contribution in [2.24, 2.45) is 0 Å². The molecule has 2 aromatic rings. The van der Waals surface area contributed by atoms with Gasteiger partial charge in [-0.15, -0.1) is 0 Å². The highest BCUT2D eigenvalue weighted by Gasteiger charge is 2.73. The highest BCUT2D eigenvalue weighted by molar-refractivity contribution is 9.10. The molecule has 0 aliphatic rings. The van der Waals surface area contributed by atoms with Gasteiger partial charge in [0.2, 0.25) is 0 Å². The molecule has 0 atom stereocenters. The van der Waals surface area contributed by atoms with Gasteiger partial charge in [-0.3, -0.25) is 10.0 Å².